The van der Waals surface area contributed by atoms with Crippen LogP contribution in [0.1, 0.15) is 25.0 Å². The third-order valence-electron chi connectivity index (χ3n) is 4.60. The van der Waals surface area contributed by atoms with Crippen molar-refractivity contribution in [3.05, 3.63) is 47.5 Å². The highest BCUT2D eigenvalue weighted by molar-refractivity contribution is 5.92. The Hall–Kier alpha value is -2.69. The Bertz CT molecular complexity index is 803. The topological polar surface area (TPSA) is 56.8 Å². The number of carbonyl (C=O) groups excluding carboxylic acids is 1. The number of amides is 1. The summed E-state index contributed by atoms with van der Waals surface area (Å²) in [4.78, 5) is 12.6. The first kappa shape index (κ1) is 18.1. The minimum Gasteiger partial charge on any atom is -0.493 e. The van der Waals surface area contributed by atoms with E-state index in [1.165, 1.54) is 0 Å². The number of benzene rings is 2. The molecule has 1 N–H and O–H groups in total. The second-order valence-electron chi connectivity index (χ2n) is 6.74. The van der Waals surface area contributed by atoms with Crippen molar-refractivity contribution >= 4 is 11.6 Å². The van der Waals surface area contributed by atoms with E-state index in [1.807, 2.05) is 50.2 Å². The average molecular weight is 355 g/mol. The third kappa shape index (κ3) is 3.93. The summed E-state index contributed by atoms with van der Waals surface area (Å²) in [6.07, 6.45) is 1.69. The van der Waals surface area contributed by atoms with Crippen molar-refractivity contribution in [1.29, 1.82) is 0 Å². The predicted octanol–water partition coefficient (Wildman–Crippen LogP) is 3.84. The Morgan fingerprint density at radius 2 is 1.96 bits per heavy atom. The fourth-order valence-corrected chi connectivity index (χ4v) is 3.22. The maximum atomic E-state index is 12.6. The van der Waals surface area contributed by atoms with E-state index in [-0.39, 0.29) is 17.9 Å². The molecule has 0 saturated heterocycles. The molecule has 1 aliphatic heterocycles. The average Bonchev–Trinajstić information content (AvgIpc) is 3.00. The van der Waals surface area contributed by atoms with Crippen molar-refractivity contribution in [2.45, 2.75) is 32.8 Å². The van der Waals surface area contributed by atoms with E-state index >= 15 is 0 Å². The Kier molecular flexibility index (Phi) is 5.35. The second-order valence-corrected chi connectivity index (χ2v) is 6.74. The van der Waals surface area contributed by atoms with Gasteiger partial charge < -0.3 is 19.5 Å². The van der Waals surface area contributed by atoms with E-state index in [0.717, 1.165) is 29.0 Å². The fourth-order valence-electron chi connectivity index (χ4n) is 3.22. The Labute approximate surface area is 154 Å². The van der Waals surface area contributed by atoms with Crippen LogP contribution in [-0.4, -0.2) is 26.2 Å². The number of carbonyl (C=O) groups is 1. The van der Waals surface area contributed by atoms with Crippen LogP contribution in [-0.2, 0) is 17.6 Å². The first-order chi connectivity index (χ1) is 12.5. The lowest BCUT2D eigenvalue weighted by Crippen LogP contribution is -2.22. The van der Waals surface area contributed by atoms with Gasteiger partial charge in [-0.15, -0.1) is 0 Å². The highest BCUT2D eigenvalue weighted by Crippen LogP contribution is 2.31. The number of rotatable bonds is 6. The summed E-state index contributed by atoms with van der Waals surface area (Å²) in [5, 5.41) is 3.01. The maximum Gasteiger partial charge on any atom is 0.227 e. The number of anilines is 1. The van der Waals surface area contributed by atoms with E-state index in [2.05, 4.69) is 5.32 Å². The fraction of sp³-hybridized carbons (Fsp3) is 0.381. The molecule has 138 valence electrons. The molecule has 2 aromatic carbocycles. The van der Waals surface area contributed by atoms with Crippen molar-refractivity contribution in [2.75, 3.05) is 19.5 Å². The molecule has 0 saturated carbocycles. The molecule has 2 aromatic rings. The first-order valence-electron chi connectivity index (χ1n) is 8.81. The largest absolute Gasteiger partial charge is 0.493 e. The highest BCUT2D eigenvalue weighted by Gasteiger charge is 2.20. The van der Waals surface area contributed by atoms with Gasteiger partial charge in [0.2, 0.25) is 5.91 Å². The first-order valence-corrected chi connectivity index (χ1v) is 8.81. The van der Waals surface area contributed by atoms with Gasteiger partial charge in [0.25, 0.3) is 0 Å². The van der Waals surface area contributed by atoms with Crippen molar-refractivity contribution in [3.8, 4) is 17.2 Å². The molecule has 0 fully saturated rings. The monoisotopic (exact) mass is 355 g/mol. The van der Waals surface area contributed by atoms with Gasteiger partial charge >= 0.3 is 0 Å². The lowest BCUT2D eigenvalue weighted by atomic mass is 9.99. The normalized spacial score (nSPS) is 16.4. The van der Waals surface area contributed by atoms with Gasteiger partial charge in [-0.25, -0.2) is 0 Å². The third-order valence-corrected chi connectivity index (χ3v) is 4.60. The number of hydrogen-bond donors (Lipinski definition) is 1. The molecule has 0 radical (unpaired) electrons. The Morgan fingerprint density at radius 3 is 2.69 bits per heavy atom. The van der Waals surface area contributed by atoms with Gasteiger partial charge in [0.1, 0.15) is 11.9 Å². The number of ether oxygens (including phenoxy) is 3. The van der Waals surface area contributed by atoms with Gasteiger partial charge in [0, 0.05) is 18.0 Å². The van der Waals surface area contributed by atoms with Crippen LogP contribution in [0.25, 0.3) is 0 Å². The Balaban J connectivity index is 1.64. The minimum atomic E-state index is -0.170. The molecule has 0 bridgehead atoms. The minimum absolute atomic E-state index is 0.00769. The van der Waals surface area contributed by atoms with Crippen LogP contribution in [0.3, 0.4) is 0 Å². The quantitative estimate of drug-likeness (QED) is 0.855. The molecular formula is C21H25NO4. The summed E-state index contributed by atoms with van der Waals surface area (Å²) in [5.74, 6) is 2.09. The van der Waals surface area contributed by atoms with E-state index < -0.39 is 0 Å². The van der Waals surface area contributed by atoms with E-state index in [1.54, 1.807) is 14.2 Å². The van der Waals surface area contributed by atoms with E-state index in [9.17, 15) is 4.79 Å². The molecule has 0 aromatic heterocycles. The summed E-state index contributed by atoms with van der Waals surface area (Å²) >= 11 is 0. The lowest BCUT2D eigenvalue weighted by Gasteiger charge is -2.14. The molecule has 0 aliphatic carbocycles. The zero-order valence-corrected chi connectivity index (χ0v) is 15.7. The maximum absolute atomic E-state index is 12.6. The smallest absolute Gasteiger partial charge is 0.227 e. The standard InChI is InChI=1S/C21H25NO4/c1-13(9-15-5-7-19(24-3)20(11-15)25-4)21(23)22-17-6-8-18-16(12-17)10-14(2)26-18/h5-8,11-14H,9-10H2,1-4H3,(H,22,23). The summed E-state index contributed by atoms with van der Waals surface area (Å²) in [6.45, 7) is 3.97. The molecule has 5 nitrogen and oxygen atoms in total. The summed E-state index contributed by atoms with van der Waals surface area (Å²) < 4.78 is 16.3. The molecule has 3 rings (SSSR count). The van der Waals surface area contributed by atoms with Crippen LogP contribution < -0.4 is 19.5 Å². The zero-order chi connectivity index (χ0) is 18.7. The van der Waals surface area contributed by atoms with E-state index in [0.29, 0.717) is 17.9 Å². The molecular weight excluding hydrogens is 330 g/mol. The van der Waals surface area contributed by atoms with Crippen molar-refractivity contribution in [1.82, 2.24) is 0 Å². The Morgan fingerprint density at radius 1 is 1.19 bits per heavy atom. The van der Waals surface area contributed by atoms with Crippen molar-refractivity contribution in [3.63, 3.8) is 0 Å². The molecule has 0 spiro atoms. The van der Waals surface area contributed by atoms with Gasteiger partial charge in [0.15, 0.2) is 11.5 Å². The van der Waals surface area contributed by atoms with Crippen LogP contribution in [0, 0.1) is 5.92 Å². The zero-order valence-electron chi connectivity index (χ0n) is 15.7. The van der Waals surface area contributed by atoms with Gasteiger partial charge in [-0.05, 0) is 54.8 Å². The van der Waals surface area contributed by atoms with E-state index in [4.69, 9.17) is 14.2 Å². The molecule has 5 heteroatoms. The van der Waals surface area contributed by atoms with Gasteiger partial charge in [-0.2, -0.15) is 0 Å². The molecule has 1 heterocycles. The number of nitrogens with one attached hydrogen (secondary N) is 1. The van der Waals surface area contributed by atoms with Gasteiger partial charge in [0.05, 0.1) is 14.2 Å². The highest BCUT2D eigenvalue weighted by atomic mass is 16.5. The summed E-state index contributed by atoms with van der Waals surface area (Å²) in [7, 11) is 3.21. The van der Waals surface area contributed by atoms with Gasteiger partial charge in [-0.1, -0.05) is 13.0 Å². The van der Waals surface area contributed by atoms with Crippen LogP contribution >= 0.6 is 0 Å². The van der Waals surface area contributed by atoms with Crippen LogP contribution in [0.5, 0.6) is 17.2 Å². The molecule has 26 heavy (non-hydrogen) atoms. The van der Waals surface area contributed by atoms with Crippen LogP contribution in [0.4, 0.5) is 5.69 Å². The molecule has 1 aliphatic rings. The predicted molar refractivity (Wildman–Crippen MR) is 101 cm³/mol. The summed E-state index contributed by atoms with van der Waals surface area (Å²) in [6, 6.07) is 11.5. The molecule has 2 atom stereocenters. The van der Waals surface area contributed by atoms with Crippen molar-refractivity contribution < 1.29 is 19.0 Å². The molecule has 2 unspecified atom stereocenters. The van der Waals surface area contributed by atoms with Crippen LogP contribution in [0.15, 0.2) is 36.4 Å². The lowest BCUT2D eigenvalue weighted by molar-refractivity contribution is -0.119. The van der Waals surface area contributed by atoms with Gasteiger partial charge in [-0.3, -0.25) is 4.79 Å². The van der Waals surface area contributed by atoms with Crippen molar-refractivity contribution in [2.24, 2.45) is 5.92 Å². The number of fused-ring (bicyclic) bond motifs is 1. The molecule has 1 amide bonds. The number of hydrogen-bond acceptors (Lipinski definition) is 4. The summed E-state index contributed by atoms with van der Waals surface area (Å²) in [5.41, 5.74) is 2.98. The van der Waals surface area contributed by atoms with Crippen LogP contribution in [0.2, 0.25) is 0 Å². The second kappa shape index (κ2) is 7.68. The number of methoxy groups -OCH3 is 2. The SMILES string of the molecule is COc1ccc(CC(C)C(=O)Nc2ccc3c(c2)CC(C)O3)cc1OC.